The van der Waals surface area contributed by atoms with Crippen molar-refractivity contribution in [2.45, 2.75) is 20.3 Å². The van der Waals surface area contributed by atoms with Gasteiger partial charge in [0.25, 0.3) is 5.91 Å². The lowest BCUT2D eigenvalue weighted by Crippen LogP contribution is -2.25. The molecule has 0 saturated heterocycles. The van der Waals surface area contributed by atoms with Crippen LogP contribution in [-0.4, -0.2) is 30.1 Å². The lowest BCUT2D eigenvalue weighted by atomic mass is 10.1. The number of rotatable bonds is 7. The van der Waals surface area contributed by atoms with E-state index in [1.54, 1.807) is 12.1 Å². The molecule has 0 radical (unpaired) electrons. The van der Waals surface area contributed by atoms with Gasteiger partial charge >= 0.3 is 5.97 Å². The molecule has 2 rings (SSSR count). The topological polar surface area (TPSA) is 75.6 Å². The molecule has 2 N–H and O–H groups in total. The normalized spacial score (nSPS) is 10.2. The third-order valence-electron chi connectivity index (χ3n) is 3.75. The molecule has 0 unspecified atom stereocenters. The molecule has 0 atom stereocenters. The minimum atomic E-state index is -1.01. The van der Waals surface area contributed by atoms with Crippen molar-refractivity contribution in [2.75, 3.05) is 13.2 Å². The number of ether oxygens (including phenoxy) is 1. The molecule has 1 amide bonds. The average molecular weight is 327 g/mol. The molecular weight excluding hydrogens is 306 g/mol. The van der Waals surface area contributed by atoms with Crippen LogP contribution in [0.25, 0.3) is 0 Å². The lowest BCUT2D eigenvalue weighted by Gasteiger charge is -2.08. The quantitative estimate of drug-likeness (QED) is 0.820. The molecule has 24 heavy (non-hydrogen) atoms. The fourth-order valence-electron chi connectivity index (χ4n) is 2.20. The zero-order valence-corrected chi connectivity index (χ0v) is 13.8. The van der Waals surface area contributed by atoms with Crippen LogP contribution < -0.4 is 10.1 Å². The van der Waals surface area contributed by atoms with Gasteiger partial charge in [0.05, 0.1) is 0 Å². The summed E-state index contributed by atoms with van der Waals surface area (Å²) in [6.45, 7) is 4.17. The van der Waals surface area contributed by atoms with Gasteiger partial charge in [0, 0.05) is 12.1 Å². The van der Waals surface area contributed by atoms with E-state index in [0.29, 0.717) is 24.3 Å². The van der Waals surface area contributed by atoms with E-state index in [0.717, 1.165) is 16.7 Å². The van der Waals surface area contributed by atoms with Crippen LogP contribution in [0, 0.1) is 13.8 Å². The van der Waals surface area contributed by atoms with Crippen LogP contribution in [0.15, 0.2) is 42.5 Å². The molecule has 5 nitrogen and oxygen atoms in total. The van der Waals surface area contributed by atoms with Crippen molar-refractivity contribution in [2.24, 2.45) is 0 Å². The molecule has 0 bridgehead atoms. The van der Waals surface area contributed by atoms with E-state index >= 15 is 0 Å². The Hall–Kier alpha value is -2.82. The Morgan fingerprint density at radius 3 is 2.38 bits per heavy atom. The van der Waals surface area contributed by atoms with Crippen molar-refractivity contribution in [3.63, 3.8) is 0 Å². The number of aryl methyl sites for hydroxylation is 2. The molecule has 0 aliphatic rings. The Labute approximate surface area is 141 Å². The van der Waals surface area contributed by atoms with E-state index in [2.05, 4.69) is 5.32 Å². The second kappa shape index (κ2) is 8.15. The molecular formula is C19H21NO4. The second-order valence-electron chi connectivity index (χ2n) is 5.63. The molecule has 2 aromatic carbocycles. The third kappa shape index (κ3) is 5.12. The molecule has 2 aromatic rings. The molecule has 0 heterocycles. The molecule has 0 saturated carbocycles. The van der Waals surface area contributed by atoms with Crippen LogP contribution >= 0.6 is 0 Å². The van der Waals surface area contributed by atoms with Gasteiger partial charge in [-0.15, -0.1) is 0 Å². The number of carboxylic acids is 1. The summed E-state index contributed by atoms with van der Waals surface area (Å²) in [6.07, 6.45) is 0.690. The van der Waals surface area contributed by atoms with Crippen LogP contribution in [-0.2, 0) is 11.2 Å². The van der Waals surface area contributed by atoms with Gasteiger partial charge in [-0.25, -0.2) is 4.79 Å². The first kappa shape index (κ1) is 17.5. The third-order valence-corrected chi connectivity index (χ3v) is 3.75. The Balaban J connectivity index is 1.81. The van der Waals surface area contributed by atoms with E-state index in [1.807, 2.05) is 44.2 Å². The highest BCUT2D eigenvalue weighted by atomic mass is 16.5. The summed E-state index contributed by atoms with van der Waals surface area (Å²) in [6, 6.07) is 12.8. The first-order valence-electron chi connectivity index (χ1n) is 7.74. The molecule has 0 aliphatic heterocycles. The first-order valence-corrected chi connectivity index (χ1v) is 7.74. The van der Waals surface area contributed by atoms with Gasteiger partial charge in [-0.2, -0.15) is 0 Å². The maximum atomic E-state index is 12.1. The Morgan fingerprint density at radius 2 is 1.75 bits per heavy atom. The number of carboxylic acid groups (broad SMARTS) is 1. The van der Waals surface area contributed by atoms with Crippen LogP contribution in [0.1, 0.15) is 27.0 Å². The number of hydrogen-bond acceptors (Lipinski definition) is 3. The van der Waals surface area contributed by atoms with Gasteiger partial charge in [0.15, 0.2) is 6.61 Å². The largest absolute Gasteiger partial charge is 0.482 e. The van der Waals surface area contributed by atoms with Gasteiger partial charge in [-0.1, -0.05) is 18.2 Å². The molecule has 0 aliphatic carbocycles. The molecule has 126 valence electrons. The number of nitrogens with one attached hydrogen (secondary N) is 1. The summed E-state index contributed by atoms with van der Waals surface area (Å²) < 4.78 is 5.07. The Kier molecular flexibility index (Phi) is 5.95. The highest BCUT2D eigenvalue weighted by molar-refractivity contribution is 5.94. The standard InChI is InChI=1S/C19H21NO4/c1-13-3-6-16(11-14(13)2)19(23)20-10-9-15-4-7-17(8-5-15)24-12-18(21)22/h3-8,11H,9-10,12H2,1-2H3,(H,20,23)(H,21,22). The van der Waals surface area contributed by atoms with Gasteiger partial charge in [-0.3, -0.25) is 4.79 Å². The fraction of sp³-hybridized carbons (Fsp3) is 0.263. The first-order chi connectivity index (χ1) is 11.5. The molecule has 0 fully saturated rings. The fourth-order valence-corrected chi connectivity index (χ4v) is 2.20. The van der Waals surface area contributed by atoms with E-state index < -0.39 is 5.97 Å². The summed E-state index contributed by atoms with van der Waals surface area (Å²) in [5, 5.41) is 11.5. The van der Waals surface area contributed by atoms with Gasteiger partial charge < -0.3 is 15.2 Å². The van der Waals surface area contributed by atoms with E-state index in [9.17, 15) is 9.59 Å². The predicted octanol–water partition coefficient (Wildman–Crippen LogP) is 2.74. The highest BCUT2D eigenvalue weighted by Crippen LogP contribution is 2.13. The van der Waals surface area contributed by atoms with Crippen molar-refractivity contribution >= 4 is 11.9 Å². The number of benzene rings is 2. The van der Waals surface area contributed by atoms with Crippen molar-refractivity contribution in [1.29, 1.82) is 0 Å². The summed E-state index contributed by atoms with van der Waals surface area (Å²) in [5.74, 6) is -0.576. The van der Waals surface area contributed by atoms with Gasteiger partial charge in [0.1, 0.15) is 5.75 Å². The van der Waals surface area contributed by atoms with Gasteiger partial charge in [-0.05, 0) is 61.2 Å². The maximum Gasteiger partial charge on any atom is 0.341 e. The SMILES string of the molecule is Cc1ccc(C(=O)NCCc2ccc(OCC(=O)O)cc2)cc1C. The van der Waals surface area contributed by atoms with E-state index in [1.165, 1.54) is 0 Å². The monoisotopic (exact) mass is 327 g/mol. The van der Waals surface area contributed by atoms with Crippen LogP contribution in [0.5, 0.6) is 5.75 Å². The molecule has 5 heteroatoms. The summed E-state index contributed by atoms with van der Waals surface area (Å²) in [4.78, 5) is 22.6. The second-order valence-corrected chi connectivity index (χ2v) is 5.63. The van der Waals surface area contributed by atoms with Crippen molar-refractivity contribution in [1.82, 2.24) is 5.32 Å². The highest BCUT2D eigenvalue weighted by Gasteiger charge is 2.06. The lowest BCUT2D eigenvalue weighted by molar-refractivity contribution is -0.139. The van der Waals surface area contributed by atoms with Crippen LogP contribution in [0.4, 0.5) is 0 Å². The minimum absolute atomic E-state index is 0.0838. The minimum Gasteiger partial charge on any atom is -0.482 e. The maximum absolute atomic E-state index is 12.1. The summed E-state index contributed by atoms with van der Waals surface area (Å²) in [7, 11) is 0. The number of carbonyl (C=O) groups excluding carboxylic acids is 1. The Bertz CT molecular complexity index is 723. The summed E-state index contributed by atoms with van der Waals surface area (Å²) in [5.41, 5.74) is 3.96. The predicted molar refractivity (Wildman–Crippen MR) is 91.5 cm³/mol. The van der Waals surface area contributed by atoms with Gasteiger partial charge in [0.2, 0.25) is 0 Å². The number of aliphatic carboxylic acids is 1. The van der Waals surface area contributed by atoms with Crippen molar-refractivity contribution < 1.29 is 19.4 Å². The summed E-state index contributed by atoms with van der Waals surface area (Å²) >= 11 is 0. The Morgan fingerprint density at radius 1 is 1.04 bits per heavy atom. The zero-order chi connectivity index (χ0) is 17.5. The number of carbonyl (C=O) groups is 2. The molecule has 0 spiro atoms. The smallest absolute Gasteiger partial charge is 0.341 e. The zero-order valence-electron chi connectivity index (χ0n) is 13.8. The number of hydrogen-bond donors (Lipinski definition) is 2. The number of amides is 1. The van der Waals surface area contributed by atoms with Crippen molar-refractivity contribution in [3.05, 3.63) is 64.7 Å². The van der Waals surface area contributed by atoms with Crippen LogP contribution in [0.2, 0.25) is 0 Å². The molecule has 0 aromatic heterocycles. The van der Waals surface area contributed by atoms with Crippen molar-refractivity contribution in [3.8, 4) is 5.75 Å². The van der Waals surface area contributed by atoms with E-state index in [4.69, 9.17) is 9.84 Å². The van der Waals surface area contributed by atoms with Crippen LogP contribution in [0.3, 0.4) is 0 Å². The average Bonchev–Trinajstić information content (AvgIpc) is 2.56. The van der Waals surface area contributed by atoms with E-state index in [-0.39, 0.29) is 12.5 Å².